The second-order valence-corrected chi connectivity index (χ2v) is 7.48. The summed E-state index contributed by atoms with van der Waals surface area (Å²) in [5.41, 5.74) is 12.7. The van der Waals surface area contributed by atoms with Gasteiger partial charge in [-0.2, -0.15) is 10.2 Å². The normalized spacial score (nSPS) is 13.2. The molecule has 2 aromatic carbocycles. The molecule has 33 heavy (non-hydrogen) atoms. The summed E-state index contributed by atoms with van der Waals surface area (Å²) < 4.78 is 14.8. The molecule has 1 unspecified atom stereocenters. The highest BCUT2D eigenvalue weighted by atomic mass is 35.5. The summed E-state index contributed by atoms with van der Waals surface area (Å²) in [6.45, 7) is 0. The number of nitrogens with two attached hydrogens (primary N) is 1. The van der Waals surface area contributed by atoms with Gasteiger partial charge in [-0.1, -0.05) is 12.1 Å². The molecule has 168 valence electrons. The average molecular weight is 468 g/mol. The van der Waals surface area contributed by atoms with E-state index in [1.54, 1.807) is 29.2 Å². The van der Waals surface area contributed by atoms with Crippen LogP contribution in [-0.4, -0.2) is 32.8 Å². The number of hydrogen-bond donors (Lipinski definition) is 4. The predicted octanol–water partition coefficient (Wildman–Crippen LogP) is 2.85. The number of halogens is 2. The lowest BCUT2D eigenvalue weighted by Crippen LogP contribution is -2.28. The van der Waals surface area contributed by atoms with Gasteiger partial charge in [-0.15, -0.1) is 12.4 Å². The fraction of sp³-hybridized carbons (Fsp3) is 0.0909. The van der Waals surface area contributed by atoms with E-state index in [-0.39, 0.29) is 12.4 Å². The number of carbonyl (C=O) groups excluding carboxylic acids is 2. The van der Waals surface area contributed by atoms with E-state index < -0.39 is 23.7 Å². The molecule has 0 bridgehead atoms. The van der Waals surface area contributed by atoms with E-state index in [0.29, 0.717) is 27.7 Å². The van der Waals surface area contributed by atoms with Crippen LogP contribution in [-0.2, 0) is 11.8 Å². The molecule has 0 fully saturated rings. The molecule has 3 heterocycles. The van der Waals surface area contributed by atoms with E-state index in [9.17, 15) is 14.0 Å². The summed E-state index contributed by atoms with van der Waals surface area (Å²) in [6.07, 6.45) is 5.14. The molecular weight excluding hydrogens is 449 g/mol. The Morgan fingerprint density at radius 2 is 2.00 bits per heavy atom. The van der Waals surface area contributed by atoms with E-state index in [1.165, 1.54) is 24.3 Å². The fourth-order valence-electron chi connectivity index (χ4n) is 3.77. The van der Waals surface area contributed by atoms with Crippen LogP contribution in [0.2, 0.25) is 0 Å². The van der Waals surface area contributed by atoms with Crippen LogP contribution in [0.15, 0.2) is 53.9 Å². The van der Waals surface area contributed by atoms with Crippen molar-refractivity contribution in [1.82, 2.24) is 20.2 Å². The van der Waals surface area contributed by atoms with E-state index >= 15 is 0 Å². The zero-order chi connectivity index (χ0) is 22.4. The molecule has 0 aliphatic carbocycles. The largest absolute Gasteiger partial charge is 0.354 e. The molecule has 1 aliphatic rings. The van der Waals surface area contributed by atoms with Crippen LogP contribution in [0.1, 0.15) is 27.5 Å². The Balaban J connectivity index is 0.00000259. The molecule has 0 radical (unpaired) electrons. The van der Waals surface area contributed by atoms with Gasteiger partial charge in [0.25, 0.3) is 5.91 Å². The third-order valence-electron chi connectivity index (χ3n) is 5.31. The predicted molar refractivity (Wildman–Crippen MR) is 125 cm³/mol. The number of benzene rings is 2. The first-order chi connectivity index (χ1) is 15.4. The van der Waals surface area contributed by atoms with Crippen molar-refractivity contribution >= 4 is 47.0 Å². The number of anilines is 1. The Morgan fingerprint density at radius 1 is 1.24 bits per heavy atom. The third-order valence-corrected chi connectivity index (χ3v) is 5.31. The van der Waals surface area contributed by atoms with E-state index in [0.717, 1.165) is 16.8 Å². The summed E-state index contributed by atoms with van der Waals surface area (Å²) in [4.78, 5) is 28.7. The third kappa shape index (κ3) is 3.97. The summed E-state index contributed by atoms with van der Waals surface area (Å²) in [6, 6.07) is 7.70. The minimum atomic E-state index is -1.01. The smallest absolute Gasteiger partial charge is 0.272 e. The quantitative estimate of drug-likeness (QED) is 0.367. The van der Waals surface area contributed by atoms with Gasteiger partial charge < -0.3 is 16.0 Å². The molecule has 1 atom stereocenters. The number of aromatic amines is 1. The van der Waals surface area contributed by atoms with Crippen molar-refractivity contribution in [3.05, 3.63) is 71.3 Å². The Labute approximate surface area is 193 Å². The van der Waals surface area contributed by atoms with Gasteiger partial charge in [-0.25, -0.2) is 9.82 Å². The van der Waals surface area contributed by atoms with Gasteiger partial charge in [0.15, 0.2) is 0 Å². The number of hydrogen-bond acceptors (Lipinski definition) is 5. The average Bonchev–Trinajstić information content (AvgIpc) is 3.31. The number of H-pyrrole nitrogens is 1. The SMILES string of the molecule is Cl.Cn1cc(-c2[nH]c3cc(NC(=O)C(N)c4ccc(F)cc4)cc4c3c2C=NNC4=O)cn1. The molecule has 11 heteroatoms. The van der Waals surface area contributed by atoms with Crippen molar-refractivity contribution in [2.24, 2.45) is 17.9 Å². The molecule has 5 N–H and O–H groups in total. The van der Waals surface area contributed by atoms with E-state index in [2.05, 4.69) is 25.9 Å². The van der Waals surface area contributed by atoms with Crippen LogP contribution in [0.25, 0.3) is 22.2 Å². The Hall–Kier alpha value is -4.02. The lowest BCUT2D eigenvalue weighted by atomic mass is 10.0. The molecular formula is C22H19ClFN7O2. The number of rotatable bonds is 4. The highest BCUT2D eigenvalue weighted by molar-refractivity contribution is 6.18. The molecule has 0 spiro atoms. The molecule has 9 nitrogen and oxygen atoms in total. The van der Waals surface area contributed by atoms with Crippen LogP contribution in [0.3, 0.4) is 0 Å². The number of carbonyl (C=O) groups is 2. The number of nitrogens with one attached hydrogen (secondary N) is 3. The summed E-state index contributed by atoms with van der Waals surface area (Å²) in [5, 5.41) is 11.6. The van der Waals surface area contributed by atoms with Crippen molar-refractivity contribution in [1.29, 1.82) is 0 Å². The molecule has 0 saturated heterocycles. The van der Waals surface area contributed by atoms with Crippen molar-refractivity contribution in [2.75, 3.05) is 5.32 Å². The number of aryl methyl sites for hydroxylation is 1. The second-order valence-electron chi connectivity index (χ2n) is 7.48. The second kappa shape index (κ2) is 8.49. The lowest BCUT2D eigenvalue weighted by molar-refractivity contribution is -0.117. The van der Waals surface area contributed by atoms with Gasteiger partial charge in [0.2, 0.25) is 5.91 Å². The molecule has 0 saturated carbocycles. The Morgan fingerprint density at radius 3 is 2.70 bits per heavy atom. The van der Waals surface area contributed by atoms with Crippen molar-refractivity contribution in [3.63, 3.8) is 0 Å². The van der Waals surface area contributed by atoms with Crippen LogP contribution in [0.4, 0.5) is 10.1 Å². The zero-order valence-electron chi connectivity index (χ0n) is 17.3. The van der Waals surface area contributed by atoms with Gasteiger partial charge in [0, 0.05) is 41.0 Å². The Kier molecular flexibility index (Phi) is 5.71. The summed E-state index contributed by atoms with van der Waals surface area (Å²) >= 11 is 0. The van der Waals surface area contributed by atoms with Crippen LogP contribution in [0.5, 0.6) is 0 Å². The molecule has 2 aromatic heterocycles. The number of nitrogens with zero attached hydrogens (tertiary/aromatic N) is 3. The van der Waals surface area contributed by atoms with Crippen molar-refractivity contribution in [2.45, 2.75) is 6.04 Å². The van der Waals surface area contributed by atoms with Crippen molar-refractivity contribution < 1.29 is 14.0 Å². The van der Waals surface area contributed by atoms with E-state index in [1.807, 2.05) is 13.2 Å². The monoisotopic (exact) mass is 467 g/mol. The van der Waals surface area contributed by atoms with Gasteiger partial charge >= 0.3 is 0 Å². The van der Waals surface area contributed by atoms with Gasteiger partial charge in [0.1, 0.15) is 11.9 Å². The molecule has 1 aliphatic heterocycles. The molecule has 2 amide bonds. The first-order valence-electron chi connectivity index (χ1n) is 9.75. The Bertz CT molecular complexity index is 1410. The van der Waals surface area contributed by atoms with Crippen molar-refractivity contribution in [3.8, 4) is 11.3 Å². The maximum absolute atomic E-state index is 13.2. The van der Waals surface area contributed by atoms with E-state index in [4.69, 9.17) is 5.73 Å². The fourth-order valence-corrected chi connectivity index (χ4v) is 3.77. The van der Waals surface area contributed by atoms with Gasteiger partial charge in [-0.3, -0.25) is 14.3 Å². The number of hydrazone groups is 1. The summed E-state index contributed by atoms with van der Waals surface area (Å²) in [5.74, 6) is -1.31. The first kappa shape index (κ1) is 22.2. The maximum atomic E-state index is 13.2. The highest BCUT2D eigenvalue weighted by Gasteiger charge is 2.24. The number of aromatic nitrogens is 3. The minimum Gasteiger partial charge on any atom is -0.354 e. The zero-order valence-corrected chi connectivity index (χ0v) is 18.1. The molecule has 4 aromatic rings. The van der Waals surface area contributed by atoms with Crippen LogP contribution < -0.4 is 16.5 Å². The first-order valence-corrected chi connectivity index (χ1v) is 9.75. The standard InChI is InChI=1S/C22H18FN7O2.ClH/c1-30-10-12(8-26-30)20-16-9-25-29-21(31)15-6-14(7-17(28-20)18(15)16)27-22(32)19(24)11-2-4-13(23)5-3-11;/h2-10,19,28H,24H2,1H3,(H,27,32)(H,29,31);1H. The molecule has 5 rings (SSSR count). The lowest BCUT2D eigenvalue weighted by Gasteiger charge is -2.13. The topological polar surface area (TPSA) is 130 Å². The maximum Gasteiger partial charge on any atom is 0.272 e. The highest BCUT2D eigenvalue weighted by Crippen LogP contribution is 2.34. The van der Waals surface area contributed by atoms with Crippen LogP contribution >= 0.6 is 12.4 Å². The number of amides is 2. The minimum absolute atomic E-state index is 0. The van der Waals surface area contributed by atoms with Crippen LogP contribution in [0, 0.1) is 5.82 Å². The van der Waals surface area contributed by atoms with Gasteiger partial charge in [0.05, 0.1) is 23.7 Å². The summed E-state index contributed by atoms with van der Waals surface area (Å²) in [7, 11) is 1.81. The van der Waals surface area contributed by atoms with Gasteiger partial charge in [-0.05, 0) is 29.8 Å².